The highest BCUT2D eigenvalue weighted by molar-refractivity contribution is 7.10. The van der Waals surface area contributed by atoms with Crippen molar-refractivity contribution in [3.63, 3.8) is 0 Å². The van der Waals surface area contributed by atoms with E-state index in [1.54, 1.807) is 4.88 Å². The van der Waals surface area contributed by atoms with Crippen molar-refractivity contribution in [2.75, 3.05) is 5.32 Å². The maximum atomic E-state index is 4.64. The second kappa shape index (κ2) is 5.00. The Morgan fingerprint density at radius 2 is 2.32 bits per heavy atom. The Morgan fingerprint density at radius 3 is 3.11 bits per heavy atom. The molecule has 0 aliphatic heterocycles. The van der Waals surface area contributed by atoms with Crippen molar-refractivity contribution in [3.05, 3.63) is 33.8 Å². The minimum Gasteiger partial charge on any atom is -0.349 e. The van der Waals surface area contributed by atoms with Gasteiger partial charge in [0.05, 0.1) is 11.7 Å². The van der Waals surface area contributed by atoms with Crippen LogP contribution in [0.4, 0.5) is 5.95 Å². The molecule has 102 valence electrons. The van der Waals surface area contributed by atoms with Gasteiger partial charge < -0.3 is 9.88 Å². The van der Waals surface area contributed by atoms with Crippen molar-refractivity contribution in [2.45, 2.75) is 52.1 Å². The van der Waals surface area contributed by atoms with E-state index < -0.39 is 0 Å². The predicted molar refractivity (Wildman–Crippen MR) is 81.0 cm³/mol. The first kappa shape index (κ1) is 12.7. The lowest BCUT2D eigenvalue weighted by Gasteiger charge is -2.25. The van der Waals surface area contributed by atoms with Gasteiger partial charge in [0.15, 0.2) is 0 Å². The SMILES string of the molecule is Cc1cn(C(C)C)c(NC2CCCc3sccc32)n1. The summed E-state index contributed by atoms with van der Waals surface area (Å²) in [5.74, 6) is 1.01. The zero-order chi connectivity index (χ0) is 13.4. The number of imidazole rings is 1. The van der Waals surface area contributed by atoms with Crippen LogP contribution in [0.15, 0.2) is 17.6 Å². The van der Waals surface area contributed by atoms with Crippen molar-refractivity contribution < 1.29 is 0 Å². The summed E-state index contributed by atoms with van der Waals surface area (Å²) in [4.78, 5) is 6.18. The molecule has 0 aromatic carbocycles. The molecule has 0 saturated heterocycles. The van der Waals surface area contributed by atoms with Crippen molar-refractivity contribution in [1.82, 2.24) is 9.55 Å². The smallest absolute Gasteiger partial charge is 0.203 e. The van der Waals surface area contributed by atoms with Gasteiger partial charge in [-0.05, 0) is 57.0 Å². The van der Waals surface area contributed by atoms with E-state index in [4.69, 9.17) is 0 Å². The standard InChI is InChI=1S/C15H21N3S/c1-10(2)18-9-11(3)16-15(18)17-13-5-4-6-14-12(13)7-8-19-14/h7-10,13H,4-6H2,1-3H3,(H,16,17). The average molecular weight is 275 g/mol. The van der Waals surface area contributed by atoms with Crippen LogP contribution in [-0.2, 0) is 6.42 Å². The van der Waals surface area contributed by atoms with Gasteiger partial charge in [-0.2, -0.15) is 0 Å². The Morgan fingerprint density at radius 1 is 1.47 bits per heavy atom. The molecule has 0 bridgehead atoms. The molecule has 2 aromatic heterocycles. The predicted octanol–water partition coefficient (Wildman–Crippen LogP) is 4.32. The number of aromatic nitrogens is 2. The highest BCUT2D eigenvalue weighted by Crippen LogP contribution is 2.35. The molecule has 0 radical (unpaired) electrons. The number of hydrogen-bond acceptors (Lipinski definition) is 3. The number of thiophene rings is 1. The van der Waals surface area contributed by atoms with E-state index in [0.29, 0.717) is 12.1 Å². The molecular weight excluding hydrogens is 254 g/mol. The zero-order valence-electron chi connectivity index (χ0n) is 11.8. The molecule has 1 aliphatic rings. The summed E-state index contributed by atoms with van der Waals surface area (Å²) in [5.41, 5.74) is 2.56. The molecule has 0 spiro atoms. The minimum absolute atomic E-state index is 0.425. The van der Waals surface area contributed by atoms with E-state index in [9.17, 15) is 0 Å². The second-order valence-corrected chi connectivity index (χ2v) is 6.60. The fourth-order valence-electron chi connectivity index (χ4n) is 2.81. The Bertz CT molecular complexity index is 568. The van der Waals surface area contributed by atoms with Crippen molar-refractivity contribution in [3.8, 4) is 0 Å². The third kappa shape index (κ3) is 2.41. The van der Waals surface area contributed by atoms with Gasteiger partial charge >= 0.3 is 0 Å². The maximum Gasteiger partial charge on any atom is 0.203 e. The van der Waals surface area contributed by atoms with Gasteiger partial charge in [0.25, 0.3) is 0 Å². The molecule has 4 heteroatoms. The Balaban J connectivity index is 1.87. The lowest BCUT2D eigenvalue weighted by molar-refractivity contribution is 0.572. The molecule has 1 unspecified atom stereocenters. The van der Waals surface area contributed by atoms with Gasteiger partial charge in [-0.25, -0.2) is 4.98 Å². The summed E-state index contributed by atoms with van der Waals surface area (Å²) in [7, 11) is 0. The summed E-state index contributed by atoms with van der Waals surface area (Å²) in [6, 6.07) is 3.13. The van der Waals surface area contributed by atoms with Crippen LogP contribution in [0.1, 0.15) is 54.9 Å². The molecule has 1 N–H and O–H groups in total. The van der Waals surface area contributed by atoms with Crippen LogP contribution in [-0.4, -0.2) is 9.55 Å². The van der Waals surface area contributed by atoms with Crippen LogP contribution in [0.25, 0.3) is 0 Å². The fraction of sp³-hybridized carbons (Fsp3) is 0.533. The third-order valence-electron chi connectivity index (χ3n) is 3.76. The molecule has 0 amide bonds. The molecule has 3 rings (SSSR count). The lowest BCUT2D eigenvalue weighted by atomic mass is 9.94. The largest absolute Gasteiger partial charge is 0.349 e. The molecule has 2 heterocycles. The minimum atomic E-state index is 0.425. The second-order valence-electron chi connectivity index (χ2n) is 5.60. The molecule has 19 heavy (non-hydrogen) atoms. The van der Waals surface area contributed by atoms with Gasteiger partial charge in [-0.15, -0.1) is 11.3 Å². The van der Waals surface area contributed by atoms with Crippen LogP contribution in [0, 0.1) is 6.92 Å². The molecule has 0 fully saturated rings. The van der Waals surface area contributed by atoms with E-state index in [2.05, 4.69) is 53.3 Å². The average Bonchev–Trinajstić information content (AvgIpc) is 2.96. The number of hydrogen-bond donors (Lipinski definition) is 1. The fourth-order valence-corrected chi connectivity index (χ4v) is 3.80. The number of anilines is 1. The number of nitrogens with zero attached hydrogens (tertiary/aromatic N) is 2. The van der Waals surface area contributed by atoms with Gasteiger partial charge in [0.1, 0.15) is 0 Å². The topological polar surface area (TPSA) is 29.9 Å². The quantitative estimate of drug-likeness (QED) is 0.904. The monoisotopic (exact) mass is 275 g/mol. The Labute approximate surface area is 118 Å². The summed E-state index contributed by atoms with van der Waals surface area (Å²) in [6.45, 7) is 6.45. The van der Waals surface area contributed by atoms with E-state index in [-0.39, 0.29) is 0 Å². The van der Waals surface area contributed by atoms with Gasteiger partial charge in [-0.3, -0.25) is 0 Å². The number of aryl methyl sites for hydroxylation is 2. The summed E-state index contributed by atoms with van der Waals surface area (Å²) in [6.07, 6.45) is 5.84. The number of fused-ring (bicyclic) bond motifs is 1. The Kier molecular flexibility index (Phi) is 3.35. The van der Waals surface area contributed by atoms with Gasteiger partial charge in [0.2, 0.25) is 5.95 Å². The third-order valence-corrected chi connectivity index (χ3v) is 4.76. The first-order valence-corrected chi connectivity index (χ1v) is 7.91. The molecule has 2 aromatic rings. The van der Waals surface area contributed by atoms with E-state index in [1.807, 2.05) is 11.3 Å². The van der Waals surface area contributed by atoms with Crippen molar-refractivity contribution in [2.24, 2.45) is 0 Å². The summed E-state index contributed by atoms with van der Waals surface area (Å²) in [5, 5.41) is 5.87. The van der Waals surface area contributed by atoms with E-state index >= 15 is 0 Å². The van der Waals surface area contributed by atoms with E-state index in [0.717, 1.165) is 11.6 Å². The van der Waals surface area contributed by atoms with Crippen LogP contribution < -0.4 is 5.32 Å². The van der Waals surface area contributed by atoms with Gasteiger partial charge in [0, 0.05) is 17.1 Å². The first-order valence-electron chi connectivity index (χ1n) is 7.03. The molecule has 1 atom stereocenters. The number of nitrogens with one attached hydrogen (secondary N) is 1. The van der Waals surface area contributed by atoms with Gasteiger partial charge in [-0.1, -0.05) is 0 Å². The normalized spacial score (nSPS) is 18.6. The zero-order valence-corrected chi connectivity index (χ0v) is 12.6. The Hall–Kier alpha value is -1.29. The van der Waals surface area contributed by atoms with E-state index in [1.165, 1.54) is 24.8 Å². The van der Waals surface area contributed by atoms with Crippen LogP contribution in [0.3, 0.4) is 0 Å². The highest BCUT2D eigenvalue weighted by Gasteiger charge is 2.22. The summed E-state index contributed by atoms with van der Waals surface area (Å²) >= 11 is 1.89. The highest BCUT2D eigenvalue weighted by atomic mass is 32.1. The maximum absolute atomic E-state index is 4.64. The molecule has 3 nitrogen and oxygen atoms in total. The van der Waals surface area contributed by atoms with Crippen molar-refractivity contribution in [1.29, 1.82) is 0 Å². The van der Waals surface area contributed by atoms with Crippen LogP contribution >= 0.6 is 11.3 Å². The molecule has 1 aliphatic carbocycles. The molecule has 0 saturated carbocycles. The lowest BCUT2D eigenvalue weighted by Crippen LogP contribution is -2.18. The molecular formula is C15H21N3S. The van der Waals surface area contributed by atoms with Crippen LogP contribution in [0.2, 0.25) is 0 Å². The first-order chi connectivity index (χ1) is 9.15. The van der Waals surface area contributed by atoms with Crippen LogP contribution in [0.5, 0.6) is 0 Å². The van der Waals surface area contributed by atoms with Crippen molar-refractivity contribution >= 4 is 17.3 Å². The number of rotatable bonds is 3. The summed E-state index contributed by atoms with van der Waals surface area (Å²) < 4.78 is 2.23.